The summed E-state index contributed by atoms with van der Waals surface area (Å²) < 4.78 is 5.77. The molecule has 3 aromatic rings. The fourth-order valence-corrected chi connectivity index (χ4v) is 4.27. The van der Waals surface area contributed by atoms with E-state index >= 15 is 0 Å². The van der Waals surface area contributed by atoms with Gasteiger partial charge in [-0.2, -0.15) is 20.1 Å². The SMILES string of the molecule is O=[N+]([O-])c1ccc(Cl)c(-c2ccc(/C=N/Nc3nc(N4CCCC4)nc(N4CCCC4)n3)o2)c1. The number of nitrogens with zero attached hydrogens (tertiary/aromatic N) is 7. The van der Waals surface area contributed by atoms with Gasteiger partial charge in [0, 0.05) is 43.9 Å². The minimum absolute atomic E-state index is 0.0647. The zero-order valence-electron chi connectivity index (χ0n) is 18.4. The summed E-state index contributed by atoms with van der Waals surface area (Å²) in [4.78, 5) is 28.7. The topological polar surface area (TPSA) is 126 Å². The summed E-state index contributed by atoms with van der Waals surface area (Å²) in [5.41, 5.74) is 3.26. The minimum atomic E-state index is -0.476. The van der Waals surface area contributed by atoms with E-state index in [9.17, 15) is 10.1 Å². The van der Waals surface area contributed by atoms with Gasteiger partial charge in [0.1, 0.15) is 11.5 Å². The largest absolute Gasteiger partial charge is 0.455 e. The maximum Gasteiger partial charge on any atom is 0.270 e. The molecule has 0 unspecified atom stereocenters. The van der Waals surface area contributed by atoms with E-state index in [-0.39, 0.29) is 5.69 Å². The molecule has 1 aromatic carbocycles. The first-order valence-corrected chi connectivity index (χ1v) is 11.5. The highest BCUT2D eigenvalue weighted by Gasteiger charge is 2.21. The van der Waals surface area contributed by atoms with Crippen molar-refractivity contribution in [1.82, 2.24) is 15.0 Å². The molecule has 0 saturated carbocycles. The van der Waals surface area contributed by atoms with Gasteiger partial charge in [0.05, 0.1) is 16.2 Å². The van der Waals surface area contributed by atoms with Crippen LogP contribution in [0.5, 0.6) is 0 Å². The lowest BCUT2D eigenvalue weighted by atomic mass is 10.1. The molecule has 0 aliphatic carbocycles. The third-order valence-electron chi connectivity index (χ3n) is 5.80. The number of rotatable bonds is 7. The van der Waals surface area contributed by atoms with Gasteiger partial charge in [0.2, 0.25) is 17.8 Å². The molecule has 2 aromatic heterocycles. The van der Waals surface area contributed by atoms with Gasteiger partial charge in [-0.05, 0) is 43.9 Å². The van der Waals surface area contributed by atoms with Crippen LogP contribution in [0.2, 0.25) is 5.02 Å². The van der Waals surface area contributed by atoms with Gasteiger partial charge in [0.25, 0.3) is 5.69 Å². The zero-order valence-corrected chi connectivity index (χ0v) is 19.1. The molecule has 2 saturated heterocycles. The molecule has 176 valence electrons. The van der Waals surface area contributed by atoms with Crippen molar-refractivity contribution < 1.29 is 9.34 Å². The molecule has 1 N–H and O–H groups in total. The smallest absolute Gasteiger partial charge is 0.270 e. The number of nitrogens with one attached hydrogen (secondary N) is 1. The Morgan fingerprint density at radius 2 is 1.65 bits per heavy atom. The Labute approximate surface area is 200 Å². The Balaban J connectivity index is 1.34. The maximum absolute atomic E-state index is 11.1. The van der Waals surface area contributed by atoms with Gasteiger partial charge in [-0.25, -0.2) is 5.43 Å². The van der Waals surface area contributed by atoms with Crippen molar-refractivity contribution in [3.05, 3.63) is 51.2 Å². The lowest BCUT2D eigenvalue weighted by molar-refractivity contribution is -0.384. The number of anilines is 3. The number of hydrogen-bond donors (Lipinski definition) is 1. The van der Waals surface area contributed by atoms with E-state index in [1.165, 1.54) is 24.4 Å². The van der Waals surface area contributed by atoms with Crippen molar-refractivity contribution in [1.29, 1.82) is 0 Å². The summed E-state index contributed by atoms with van der Waals surface area (Å²) in [5, 5.41) is 15.7. The molecule has 0 spiro atoms. The number of nitro benzene ring substituents is 1. The van der Waals surface area contributed by atoms with Crippen LogP contribution in [0.4, 0.5) is 23.5 Å². The van der Waals surface area contributed by atoms with Gasteiger partial charge >= 0.3 is 0 Å². The first-order valence-electron chi connectivity index (χ1n) is 11.2. The van der Waals surface area contributed by atoms with Crippen LogP contribution in [-0.2, 0) is 0 Å². The maximum atomic E-state index is 11.1. The molecule has 2 fully saturated rings. The summed E-state index contributed by atoms with van der Waals surface area (Å²) in [6.07, 6.45) is 5.99. The predicted octanol–water partition coefficient (Wildman–Crippen LogP) is 4.34. The van der Waals surface area contributed by atoms with Crippen molar-refractivity contribution in [3.63, 3.8) is 0 Å². The highest BCUT2D eigenvalue weighted by Crippen LogP contribution is 2.32. The standard InChI is InChI=1S/C22H23ClN8O3/c23-18-7-5-15(31(32)33)13-17(18)19-8-6-16(34-19)14-24-28-20-25-21(29-9-1-2-10-29)27-22(26-20)30-11-3-4-12-30/h5-8,13-14H,1-4,9-12H2,(H,25,26,27,28)/b24-14+. The van der Waals surface area contributed by atoms with Crippen molar-refractivity contribution in [2.75, 3.05) is 41.4 Å². The summed E-state index contributed by atoms with van der Waals surface area (Å²) in [7, 11) is 0. The monoisotopic (exact) mass is 482 g/mol. The number of halogens is 1. The lowest BCUT2D eigenvalue weighted by Gasteiger charge is -2.20. The average molecular weight is 483 g/mol. The Morgan fingerprint density at radius 1 is 1.00 bits per heavy atom. The van der Waals surface area contributed by atoms with Crippen molar-refractivity contribution >= 4 is 41.3 Å². The second-order valence-electron chi connectivity index (χ2n) is 8.14. The highest BCUT2D eigenvalue weighted by molar-refractivity contribution is 6.33. The highest BCUT2D eigenvalue weighted by atomic mass is 35.5. The van der Waals surface area contributed by atoms with Gasteiger partial charge in [-0.3, -0.25) is 10.1 Å². The van der Waals surface area contributed by atoms with Crippen LogP contribution in [0.1, 0.15) is 31.4 Å². The number of non-ortho nitro benzene ring substituents is 1. The van der Waals surface area contributed by atoms with Crippen molar-refractivity contribution in [2.45, 2.75) is 25.7 Å². The number of furan rings is 1. The van der Waals surface area contributed by atoms with Crippen molar-refractivity contribution in [3.8, 4) is 11.3 Å². The lowest BCUT2D eigenvalue weighted by Crippen LogP contribution is -2.25. The quantitative estimate of drug-likeness (QED) is 0.297. The van der Waals surface area contributed by atoms with Crippen LogP contribution >= 0.6 is 11.6 Å². The fraction of sp³-hybridized carbons (Fsp3) is 0.364. The normalized spacial score (nSPS) is 16.0. The Bertz CT molecular complexity index is 1180. The third kappa shape index (κ3) is 4.79. The van der Waals surface area contributed by atoms with Crippen LogP contribution < -0.4 is 15.2 Å². The molecule has 4 heterocycles. The molecule has 5 rings (SSSR count). The Hall–Kier alpha value is -3.73. The van der Waals surface area contributed by atoms with Crippen LogP contribution in [0.3, 0.4) is 0 Å². The van der Waals surface area contributed by atoms with Gasteiger partial charge in [0.15, 0.2) is 0 Å². The van der Waals surface area contributed by atoms with E-state index in [0.717, 1.165) is 51.9 Å². The summed E-state index contributed by atoms with van der Waals surface area (Å²) in [5.74, 6) is 2.53. The van der Waals surface area contributed by atoms with E-state index in [1.54, 1.807) is 12.1 Å². The molecule has 0 atom stereocenters. The first kappa shape index (κ1) is 22.1. The Kier molecular flexibility index (Phi) is 6.26. The van der Waals surface area contributed by atoms with Gasteiger partial charge in [-0.15, -0.1) is 0 Å². The molecule has 0 bridgehead atoms. The fourth-order valence-electron chi connectivity index (χ4n) is 4.06. The molecule has 34 heavy (non-hydrogen) atoms. The molecule has 11 nitrogen and oxygen atoms in total. The second-order valence-corrected chi connectivity index (χ2v) is 8.55. The molecular weight excluding hydrogens is 460 g/mol. The van der Waals surface area contributed by atoms with Gasteiger partial charge < -0.3 is 14.2 Å². The van der Waals surface area contributed by atoms with Crippen LogP contribution in [0.15, 0.2) is 39.9 Å². The molecule has 2 aliphatic rings. The molecule has 0 amide bonds. The number of aromatic nitrogens is 3. The molecule has 2 aliphatic heterocycles. The number of nitro groups is 1. The summed E-state index contributed by atoms with van der Waals surface area (Å²) in [6, 6.07) is 7.59. The van der Waals surface area contributed by atoms with Crippen molar-refractivity contribution in [2.24, 2.45) is 5.10 Å². The summed E-state index contributed by atoms with van der Waals surface area (Å²) >= 11 is 6.21. The number of hydrogen-bond acceptors (Lipinski definition) is 10. The Morgan fingerprint density at radius 3 is 2.26 bits per heavy atom. The second kappa shape index (κ2) is 9.64. The molecule has 12 heteroatoms. The first-order chi connectivity index (χ1) is 16.6. The molecular formula is C22H23ClN8O3. The van der Waals surface area contributed by atoms with Gasteiger partial charge in [-0.1, -0.05) is 11.6 Å². The van der Waals surface area contributed by atoms with Crippen LogP contribution in [0, 0.1) is 10.1 Å². The van der Waals surface area contributed by atoms with E-state index in [4.69, 9.17) is 16.0 Å². The van der Waals surface area contributed by atoms with E-state index in [2.05, 4.69) is 35.3 Å². The van der Waals surface area contributed by atoms with Crippen LogP contribution in [-0.4, -0.2) is 52.3 Å². The summed E-state index contributed by atoms with van der Waals surface area (Å²) in [6.45, 7) is 3.73. The number of hydrazone groups is 1. The number of benzene rings is 1. The molecule has 0 radical (unpaired) electrons. The third-order valence-corrected chi connectivity index (χ3v) is 6.13. The average Bonchev–Trinajstić information content (AvgIpc) is 3.62. The minimum Gasteiger partial charge on any atom is -0.455 e. The van der Waals surface area contributed by atoms with E-state index in [0.29, 0.717) is 40.0 Å². The zero-order chi connectivity index (χ0) is 23.5. The predicted molar refractivity (Wildman–Crippen MR) is 130 cm³/mol. The van der Waals surface area contributed by atoms with Crippen LogP contribution in [0.25, 0.3) is 11.3 Å². The van der Waals surface area contributed by atoms with E-state index < -0.39 is 4.92 Å². The van der Waals surface area contributed by atoms with E-state index in [1.807, 2.05) is 0 Å².